The Kier molecular flexibility index (Phi) is 3.73. The number of aromatic nitrogens is 2. The molecule has 0 aliphatic rings. The van der Waals surface area contributed by atoms with Crippen LogP contribution in [0.5, 0.6) is 0 Å². The lowest BCUT2D eigenvalue weighted by Gasteiger charge is -2.09. The van der Waals surface area contributed by atoms with E-state index < -0.39 is 6.10 Å². The van der Waals surface area contributed by atoms with Gasteiger partial charge in [-0.15, -0.1) is 0 Å². The monoisotopic (exact) mass is 264 g/mol. The van der Waals surface area contributed by atoms with Crippen LogP contribution in [0.1, 0.15) is 36.4 Å². The number of aryl methyl sites for hydroxylation is 1. The summed E-state index contributed by atoms with van der Waals surface area (Å²) in [5.41, 5.74) is 3.63. The molecule has 1 heterocycles. The van der Waals surface area contributed by atoms with Crippen molar-refractivity contribution >= 4 is 11.6 Å². The zero-order valence-electron chi connectivity index (χ0n) is 10.8. The molecule has 0 spiro atoms. The van der Waals surface area contributed by atoms with E-state index >= 15 is 0 Å². The maximum absolute atomic E-state index is 9.75. The summed E-state index contributed by atoms with van der Waals surface area (Å²) in [5.74, 6) is 0. The Labute approximate surface area is 112 Å². The lowest BCUT2D eigenvalue weighted by Crippen LogP contribution is -2.00. The topological polar surface area (TPSA) is 38.0 Å². The van der Waals surface area contributed by atoms with Crippen molar-refractivity contribution in [3.8, 4) is 5.69 Å². The summed E-state index contributed by atoms with van der Waals surface area (Å²) in [6, 6.07) is 7.75. The fourth-order valence-electron chi connectivity index (χ4n) is 1.95. The van der Waals surface area contributed by atoms with Crippen LogP contribution in [-0.2, 0) is 0 Å². The Bertz CT molecular complexity index is 546. The summed E-state index contributed by atoms with van der Waals surface area (Å²) in [6.45, 7) is 5.79. The van der Waals surface area contributed by atoms with Gasteiger partial charge in [0.25, 0.3) is 0 Å². The second-order valence-electron chi connectivity index (χ2n) is 4.41. The van der Waals surface area contributed by atoms with Gasteiger partial charge in [-0.2, -0.15) is 5.10 Å². The maximum atomic E-state index is 9.75. The number of aliphatic hydroxyl groups is 1. The van der Waals surface area contributed by atoms with Crippen LogP contribution in [0.4, 0.5) is 0 Å². The highest BCUT2D eigenvalue weighted by Crippen LogP contribution is 2.23. The molecule has 2 aromatic rings. The minimum atomic E-state index is -0.400. The number of halogens is 1. The fraction of sp³-hybridized carbons (Fsp3) is 0.357. The minimum absolute atomic E-state index is 0.400. The summed E-state index contributed by atoms with van der Waals surface area (Å²) in [7, 11) is 0. The quantitative estimate of drug-likeness (QED) is 0.920. The average molecular weight is 265 g/mol. The van der Waals surface area contributed by atoms with Crippen LogP contribution in [-0.4, -0.2) is 14.9 Å². The largest absolute Gasteiger partial charge is 0.388 e. The lowest BCUT2D eigenvalue weighted by atomic mass is 10.1. The van der Waals surface area contributed by atoms with Gasteiger partial charge in [0.15, 0.2) is 0 Å². The summed E-state index contributed by atoms with van der Waals surface area (Å²) >= 11 is 6.13. The summed E-state index contributed by atoms with van der Waals surface area (Å²) in [5, 5.41) is 14.8. The fourth-order valence-corrected chi connectivity index (χ4v) is 2.07. The van der Waals surface area contributed by atoms with E-state index in [4.69, 9.17) is 11.6 Å². The molecule has 0 fully saturated rings. The van der Waals surface area contributed by atoms with E-state index in [1.165, 1.54) is 0 Å². The van der Waals surface area contributed by atoms with E-state index in [0.29, 0.717) is 11.4 Å². The first-order valence-corrected chi connectivity index (χ1v) is 6.42. The molecule has 0 unspecified atom stereocenters. The second-order valence-corrected chi connectivity index (χ2v) is 4.79. The third-order valence-electron chi connectivity index (χ3n) is 3.11. The number of hydrogen-bond acceptors (Lipinski definition) is 2. The highest BCUT2D eigenvalue weighted by molar-refractivity contribution is 6.31. The molecule has 0 amide bonds. The molecule has 1 aromatic carbocycles. The van der Waals surface area contributed by atoms with Crippen molar-refractivity contribution < 1.29 is 5.11 Å². The predicted molar refractivity (Wildman–Crippen MR) is 73.3 cm³/mol. The molecule has 3 nitrogen and oxygen atoms in total. The molecule has 2 rings (SSSR count). The van der Waals surface area contributed by atoms with Crippen molar-refractivity contribution in [1.29, 1.82) is 0 Å². The molecule has 0 bridgehead atoms. The van der Waals surface area contributed by atoms with Gasteiger partial charge in [-0.3, -0.25) is 0 Å². The van der Waals surface area contributed by atoms with Gasteiger partial charge in [-0.05, 0) is 38.0 Å². The molecule has 4 heteroatoms. The average Bonchev–Trinajstić information content (AvgIpc) is 2.66. The Hall–Kier alpha value is -1.32. The lowest BCUT2D eigenvalue weighted by molar-refractivity contribution is 0.173. The Morgan fingerprint density at radius 1 is 1.28 bits per heavy atom. The van der Waals surface area contributed by atoms with E-state index in [2.05, 4.69) is 5.10 Å². The van der Waals surface area contributed by atoms with Crippen LogP contribution in [0.15, 0.2) is 24.3 Å². The van der Waals surface area contributed by atoms with Crippen LogP contribution in [0.3, 0.4) is 0 Å². The van der Waals surface area contributed by atoms with Crippen molar-refractivity contribution in [1.82, 2.24) is 9.78 Å². The van der Waals surface area contributed by atoms with Crippen LogP contribution < -0.4 is 0 Å². The SMILES string of the molecule is CC[C@@H](O)c1ccc(-n2nc(C)c(Cl)c2C)cc1. The maximum Gasteiger partial charge on any atom is 0.0848 e. The van der Waals surface area contributed by atoms with E-state index in [9.17, 15) is 5.11 Å². The van der Waals surface area contributed by atoms with Gasteiger partial charge in [-0.1, -0.05) is 30.7 Å². The minimum Gasteiger partial charge on any atom is -0.388 e. The molecule has 18 heavy (non-hydrogen) atoms. The van der Waals surface area contributed by atoms with Crippen molar-refractivity contribution in [2.45, 2.75) is 33.3 Å². The number of hydrogen-bond donors (Lipinski definition) is 1. The third kappa shape index (κ3) is 2.28. The highest BCUT2D eigenvalue weighted by atomic mass is 35.5. The molecule has 0 radical (unpaired) electrons. The second kappa shape index (κ2) is 5.12. The summed E-state index contributed by atoms with van der Waals surface area (Å²) in [6.07, 6.45) is 0.313. The van der Waals surface area contributed by atoms with Crippen LogP contribution in [0.2, 0.25) is 5.02 Å². The van der Waals surface area contributed by atoms with E-state index in [-0.39, 0.29) is 0 Å². The van der Waals surface area contributed by atoms with Crippen molar-refractivity contribution in [2.24, 2.45) is 0 Å². The van der Waals surface area contributed by atoms with Gasteiger partial charge in [0, 0.05) is 0 Å². The number of aliphatic hydroxyl groups excluding tert-OH is 1. The molecule has 1 N–H and O–H groups in total. The molecule has 96 valence electrons. The van der Waals surface area contributed by atoms with Crippen molar-refractivity contribution in [3.05, 3.63) is 46.2 Å². The number of benzene rings is 1. The Morgan fingerprint density at radius 3 is 2.33 bits per heavy atom. The zero-order valence-corrected chi connectivity index (χ0v) is 11.6. The van der Waals surface area contributed by atoms with Crippen LogP contribution in [0, 0.1) is 13.8 Å². The normalized spacial score (nSPS) is 12.7. The molecule has 0 aliphatic heterocycles. The van der Waals surface area contributed by atoms with Crippen LogP contribution >= 0.6 is 11.6 Å². The van der Waals surface area contributed by atoms with E-state index in [1.54, 1.807) is 0 Å². The first-order chi connectivity index (χ1) is 8.54. The molecule has 1 atom stereocenters. The van der Waals surface area contributed by atoms with Crippen LogP contribution in [0.25, 0.3) is 5.69 Å². The van der Waals surface area contributed by atoms with E-state index in [1.807, 2.05) is 49.7 Å². The van der Waals surface area contributed by atoms with Crippen molar-refractivity contribution in [3.63, 3.8) is 0 Å². The van der Waals surface area contributed by atoms with Gasteiger partial charge in [0.05, 0.1) is 28.2 Å². The van der Waals surface area contributed by atoms with Gasteiger partial charge >= 0.3 is 0 Å². The van der Waals surface area contributed by atoms with Gasteiger partial charge < -0.3 is 5.11 Å². The summed E-state index contributed by atoms with van der Waals surface area (Å²) < 4.78 is 1.82. The molecule has 1 aromatic heterocycles. The number of nitrogens with zero attached hydrogens (tertiary/aromatic N) is 2. The summed E-state index contributed by atoms with van der Waals surface area (Å²) in [4.78, 5) is 0. The van der Waals surface area contributed by atoms with Gasteiger partial charge in [0.1, 0.15) is 0 Å². The predicted octanol–water partition coefficient (Wildman–Crippen LogP) is 3.59. The molecule has 0 saturated heterocycles. The Morgan fingerprint density at radius 2 is 1.89 bits per heavy atom. The smallest absolute Gasteiger partial charge is 0.0848 e. The van der Waals surface area contributed by atoms with Crippen molar-refractivity contribution in [2.75, 3.05) is 0 Å². The first-order valence-electron chi connectivity index (χ1n) is 6.04. The number of rotatable bonds is 3. The first kappa shape index (κ1) is 13.1. The third-order valence-corrected chi connectivity index (χ3v) is 3.66. The molecular formula is C14H17ClN2O. The molecule has 0 saturated carbocycles. The standard InChI is InChI=1S/C14H17ClN2O/c1-4-13(18)11-5-7-12(8-6-11)17-10(3)14(15)9(2)16-17/h5-8,13,18H,4H2,1-3H3/t13-/m1/s1. The molecule has 0 aliphatic carbocycles. The zero-order chi connectivity index (χ0) is 13.3. The Balaban J connectivity index is 2.37. The van der Waals surface area contributed by atoms with Gasteiger partial charge in [-0.25, -0.2) is 4.68 Å². The highest BCUT2D eigenvalue weighted by Gasteiger charge is 2.11. The van der Waals surface area contributed by atoms with E-state index in [0.717, 1.165) is 22.6 Å². The molecular weight excluding hydrogens is 248 g/mol. The van der Waals surface area contributed by atoms with Gasteiger partial charge in [0.2, 0.25) is 0 Å².